The SMILES string of the molecule is CC(C)(C)NC(=O)OC1CCN(S(=O)(=O)c2ccc(F)c(C(=O)Nc3ccc(F)c(F)c3)c2)CC1. The van der Waals surface area contributed by atoms with E-state index in [9.17, 15) is 31.2 Å². The number of amides is 2. The number of carbonyl (C=O) groups excluding carboxylic acids is 2. The first kappa shape index (κ1) is 26.5. The largest absolute Gasteiger partial charge is 0.446 e. The Kier molecular flexibility index (Phi) is 7.75. The number of nitrogens with one attached hydrogen (secondary N) is 2. The van der Waals surface area contributed by atoms with E-state index in [4.69, 9.17) is 4.74 Å². The monoisotopic (exact) mass is 513 g/mol. The standard InChI is InChI=1S/C23H26F3N3O5S/c1-23(2,3)28-22(31)34-15-8-10-29(11-9-15)35(32,33)16-5-7-18(24)17(13-16)21(30)27-14-4-6-19(25)20(26)12-14/h4-7,12-13,15H,8-11H2,1-3H3,(H,27,30)(H,28,31). The second-order valence-electron chi connectivity index (χ2n) is 9.11. The summed E-state index contributed by atoms with van der Waals surface area (Å²) in [5.41, 5.74) is -1.18. The highest BCUT2D eigenvalue weighted by Crippen LogP contribution is 2.25. The Morgan fingerprint density at radius 3 is 2.20 bits per heavy atom. The first-order valence-corrected chi connectivity index (χ1v) is 12.3. The molecule has 1 aliphatic rings. The molecule has 0 radical (unpaired) electrons. The van der Waals surface area contributed by atoms with Gasteiger partial charge in [-0.1, -0.05) is 0 Å². The lowest BCUT2D eigenvalue weighted by molar-refractivity contribution is 0.0627. The average molecular weight is 514 g/mol. The molecular formula is C23H26F3N3O5S. The topological polar surface area (TPSA) is 105 Å². The first-order chi connectivity index (χ1) is 16.3. The van der Waals surface area contributed by atoms with Crippen molar-refractivity contribution in [3.8, 4) is 0 Å². The summed E-state index contributed by atoms with van der Waals surface area (Å²) in [4.78, 5) is 24.1. The first-order valence-electron chi connectivity index (χ1n) is 10.8. The van der Waals surface area contributed by atoms with Gasteiger partial charge < -0.3 is 15.4 Å². The Labute approximate surface area is 201 Å². The number of sulfonamides is 1. The lowest BCUT2D eigenvalue weighted by atomic mass is 10.1. The van der Waals surface area contributed by atoms with E-state index in [1.54, 1.807) is 20.8 Å². The number of rotatable bonds is 5. The van der Waals surface area contributed by atoms with Gasteiger partial charge in [0.25, 0.3) is 5.91 Å². The van der Waals surface area contributed by atoms with Gasteiger partial charge in [0.2, 0.25) is 10.0 Å². The Morgan fingerprint density at radius 1 is 0.971 bits per heavy atom. The van der Waals surface area contributed by atoms with Crippen molar-refractivity contribution in [3.05, 3.63) is 59.4 Å². The van der Waals surface area contributed by atoms with Crippen molar-refractivity contribution >= 4 is 27.7 Å². The predicted molar refractivity (Wildman–Crippen MR) is 122 cm³/mol. The number of carbonyl (C=O) groups is 2. The number of benzene rings is 2. The van der Waals surface area contributed by atoms with Crippen molar-refractivity contribution < 1.29 is 35.9 Å². The quantitative estimate of drug-likeness (QED) is 0.628. The number of halogens is 3. The van der Waals surface area contributed by atoms with Gasteiger partial charge in [-0.15, -0.1) is 0 Å². The van der Waals surface area contributed by atoms with Gasteiger partial charge in [0.15, 0.2) is 11.6 Å². The maximum Gasteiger partial charge on any atom is 0.407 e. The van der Waals surface area contributed by atoms with Gasteiger partial charge >= 0.3 is 6.09 Å². The minimum Gasteiger partial charge on any atom is -0.446 e. The van der Waals surface area contributed by atoms with Crippen LogP contribution in [0.25, 0.3) is 0 Å². The van der Waals surface area contributed by atoms with Crippen LogP contribution in [0, 0.1) is 17.5 Å². The van der Waals surface area contributed by atoms with Crippen LogP contribution in [0.1, 0.15) is 44.0 Å². The van der Waals surface area contributed by atoms with Crippen LogP contribution in [-0.2, 0) is 14.8 Å². The number of hydrogen-bond acceptors (Lipinski definition) is 5. The fourth-order valence-electron chi connectivity index (χ4n) is 3.44. The molecule has 1 heterocycles. The normalized spacial score (nSPS) is 15.5. The second-order valence-corrected chi connectivity index (χ2v) is 11.0. The fourth-order valence-corrected chi connectivity index (χ4v) is 4.93. The molecule has 3 rings (SSSR count). The van der Waals surface area contributed by atoms with E-state index in [1.807, 2.05) is 0 Å². The van der Waals surface area contributed by atoms with E-state index in [2.05, 4.69) is 10.6 Å². The van der Waals surface area contributed by atoms with Crippen molar-refractivity contribution in [2.45, 2.75) is 50.2 Å². The third-order valence-electron chi connectivity index (χ3n) is 5.15. The molecule has 0 aromatic heterocycles. The zero-order chi connectivity index (χ0) is 26.0. The number of ether oxygens (including phenoxy) is 1. The molecule has 2 aromatic rings. The highest BCUT2D eigenvalue weighted by molar-refractivity contribution is 7.89. The molecule has 12 heteroatoms. The molecule has 1 saturated heterocycles. The van der Waals surface area contributed by atoms with Crippen LogP contribution in [-0.4, -0.2) is 49.5 Å². The molecule has 0 bridgehead atoms. The average Bonchev–Trinajstić information content (AvgIpc) is 2.75. The lowest BCUT2D eigenvalue weighted by Gasteiger charge is -2.31. The number of nitrogens with zero attached hydrogens (tertiary/aromatic N) is 1. The Hall–Kier alpha value is -3.12. The molecule has 0 spiro atoms. The van der Waals surface area contributed by atoms with Gasteiger partial charge in [0.1, 0.15) is 11.9 Å². The smallest absolute Gasteiger partial charge is 0.407 e. The van der Waals surface area contributed by atoms with Crippen LogP contribution in [0.2, 0.25) is 0 Å². The lowest BCUT2D eigenvalue weighted by Crippen LogP contribution is -2.45. The van der Waals surface area contributed by atoms with Gasteiger partial charge in [-0.2, -0.15) is 4.31 Å². The molecule has 0 atom stereocenters. The summed E-state index contributed by atoms with van der Waals surface area (Å²) in [5, 5.41) is 4.89. The summed E-state index contributed by atoms with van der Waals surface area (Å²) in [6.45, 7) is 5.53. The highest BCUT2D eigenvalue weighted by Gasteiger charge is 2.32. The number of anilines is 1. The van der Waals surface area contributed by atoms with Crippen molar-refractivity contribution in [2.24, 2.45) is 0 Å². The van der Waals surface area contributed by atoms with E-state index < -0.39 is 56.7 Å². The van der Waals surface area contributed by atoms with Crippen LogP contribution in [0.4, 0.5) is 23.7 Å². The molecular weight excluding hydrogens is 487 g/mol. The van der Waals surface area contributed by atoms with Crippen molar-refractivity contribution in [3.63, 3.8) is 0 Å². The molecule has 35 heavy (non-hydrogen) atoms. The maximum absolute atomic E-state index is 14.3. The molecule has 8 nitrogen and oxygen atoms in total. The number of piperidine rings is 1. The van der Waals surface area contributed by atoms with Crippen LogP contribution in [0.5, 0.6) is 0 Å². The Balaban J connectivity index is 1.69. The van der Waals surface area contributed by atoms with Gasteiger partial charge in [0.05, 0.1) is 10.5 Å². The van der Waals surface area contributed by atoms with Crippen molar-refractivity contribution in [2.75, 3.05) is 18.4 Å². The molecule has 2 N–H and O–H groups in total. The van der Waals surface area contributed by atoms with Crippen LogP contribution in [0.3, 0.4) is 0 Å². The molecule has 2 amide bonds. The predicted octanol–water partition coefficient (Wildman–Crippen LogP) is 4.03. The molecule has 0 saturated carbocycles. The Bertz CT molecular complexity index is 1220. The minimum absolute atomic E-state index is 0.0591. The summed E-state index contributed by atoms with van der Waals surface area (Å²) in [6, 6.07) is 5.38. The summed E-state index contributed by atoms with van der Waals surface area (Å²) in [5.74, 6) is -4.34. The third kappa shape index (κ3) is 6.73. The zero-order valence-electron chi connectivity index (χ0n) is 19.4. The molecule has 2 aromatic carbocycles. The van der Waals surface area contributed by atoms with Crippen LogP contribution in [0.15, 0.2) is 41.3 Å². The van der Waals surface area contributed by atoms with Gasteiger partial charge in [0, 0.05) is 30.4 Å². The second kappa shape index (κ2) is 10.2. The minimum atomic E-state index is -4.08. The summed E-state index contributed by atoms with van der Waals surface area (Å²) < 4.78 is 73.5. The van der Waals surface area contributed by atoms with Crippen LogP contribution < -0.4 is 10.6 Å². The van der Waals surface area contributed by atoms with E-state index in [1.165, 1.54) is 4.31 Å². The molecule has 1 aliphatic heterocycles. The Morgan fingerprint density at radius 2 is 1.60 bits per heavy atom. The zero-order valence-corrected chi connectivity index (χ0v) is 20.2. The van der Waals surface area contributed by atoms with Gasteiger partial charge in [-0.05, 0) is 63.9 Å². The highest BCUT2D eigenvalue weighted by atomic mass is 32.2. The van der Waals surface area contributed by atoms with E-state index in [0.29, 0.717) is 0 Å². The molecule has 0 aliphatic carbocycles. The summed E-state index contributed by atoms with van der Waals surface area (Å²) in [7, 11) is -4.08. The van der Waals surface area contributed by atoms with E-state index in [-0.39, 0.29) is 36.5 Å². The van der Waals surface area contributed by atoms with Crippen LogP contribution >= 0.6 is 0 Å². The number of alkyl carbamates (subject to hydrolysis) is 1. The maximum atomic E-state index is 14.3. The fraction of sp³-hybridized carbons (Fsp3) is 0.391. The van der Waals surface area contributed by atoms with Gasteiger partial charge in [-0.25, -0.2) is 26.4 Å². The van der Waals surface area contributed by atoms with Crippen molar-refractivity contribution in [1.29, 1.82) is 0 Å². The van der Waals surface area contributed by atoms with Crippen molar-refractivity contribution in [1.82, 2.24) is 9.62 Å². The molecule has 190 valence electrons. The summed E-state index contributed by atoms with van der Waals surface area (Å²) in [6.07, 6.45) is -0.522. The molecule has 1 fully saturated rings. The number of hydrogen-bond donors (Lipinski definition) is 2. The third-order valence-corrected chi connectivity index (χ3v) is 7.04. The van der Waals surface area contributed by atoms with E-state index >= 15 is 0 Å². The van der Waals surface area contributed by atoms with Gasteiger partial charge in [-0.3, -0.25) is 4.79 Å². The summed E-state index contributed by atoms with van der Waals surface area (Å²) >= 11 is 0. The van der Waals surface area contributed by atoms with E-state index in [0.717, 1.165) is 36.4 Å². The molecule has 0 unspecified atom stereocenters.